The smallest absolute Gasteiger partial charge is 0.333 e. The van der Waals surface area contributed by atoms with Gasteiger partial charge >= 0.3 is 5.97 Å². The predicted octanol–water partition coefficient (Wildman–Crippen LogP) is 2.23. The molecule has 0 aromatic rings. The molecular formula is C10H14O2. The second kappa shape index (κ2) is 6.44. The van der Waals surface area contributed by atoms with Crippen molar-refractivity contribution in [1.82, 2.24) is 0 Å². The quantitative estimate of drug-likeness (QED) is 0.277. The van der Waals surface area contributed by atoms with Crippen LogP contribution in [0.3, 0.4) is 0 Å². The molecule has 0 fully saturated rings. The highest BCUT2D eigenvalue weighted by atomic mass is 16.5. The lowest BCUT2D eigenvalue weighted by atomic mass is 10.3. The van der Waals surface area contributed by atoms with Gasteiger partial charge in [0.05, 0.1) is 6.61 Å². The molecule has 0 atom stereocenters. The number of esters is 1. The van der Waals surface area contributed by atoms with Gasteiger partial charge in [-0.3, -0.25) is 0 Å². The Morgan fingerprint density at radius 2 is 2.33 bits per heavy atom. The highest BCUT2D eigenvalue weighted by Crippen LogP contribution is 1.93. The van der Waals surface area contributed by atoms with Crippen LogP contribution in [0.5, 0.6) is 0 Å². The van der Waals surface area contributed by atoms with Crippen molar-refractivity contribution in [2.45, 2.75) is 20.3 Å². The molecular weight excluding hydrogens is 152 g/mol. The predicted molar refractivity (Wildman–Crippen MR) is 48.7 cm³/mol. The summed E-state index contributed by atoms with van der Waals surface area (Å²) in [5.41, 5.74) is 3.32. The van der Waals surface area contributed by atoms with Crippen molar-refractivity contribution in [2.24, 2.45) is 0 Å². The molecule has 0 bridgehead atoms. The van der Waals surface area contributed by atoms with Crippen LogP contribution in [0.2, 0.25) is 0 Å². The zero-order valence-electron chi connectivity index (χ0n) is 7.59. The van der Waals surface area contributed by atoms with Gasteiger partial charge in [-0.05, 0) is 26.0 Å². The standard InChI is InChI=1S/C10H14O2/c1-4-5-6-7-8-12-10(11)9(2)3/h4,6H,2,7-8H2,1,3H3. The maximum absolute atomic E-state index is 10.8. The number of carbonyl (C=O) groups is 1. The average molecular weight is 166 g/mol. The molecule has 0 N–H and O–H groups in total. The van der Waals surface area contributed by atoms with Crippen LogP contribution in [-0.2, 0) is 9.53 Å². The maximum atomic E-state index is 10.8. The van der Waals surface area contributed by atoms with Gasteiger partial charge in [0.1, 0.15) is 0 Å². The summed E-state index contributed by atoms with van der Waals surface area (Å²) in [5, 5.41) is 0. The Bertz CT molecular complexity index is 220. The highest BCUT2D eigenvalue weighted by Gasteiger charge is 2.00. The van der Waals surface area contributed by atoms with Crippen LogP contribution in [0.15, 0.2) is 30.0 Å². The first kappa shape index (κ1) is 10.7. The number of ether oxygens (including phenoxy) is 1. The minimum absolute atomic E-state index is 0.330. The molecule has 0 saturated heterocycles. The van der Waals surface area contributed by atoms with E-state index in [4.69, 9.17) is 4.74 Å². The number of carbonyl (C=O) groups excluding carboxylic acids is 1. The lowest BCUT2D eigenvalue weighted by Crippen LogP contribution is -2.05. The van der Waals surface area contributed by atoms with Crippen LogP contribution in [-0.4, -0.2) is 12.6 Å². The van der Waals surface area contributed by atoms with Crippen molar-refractivity contribution in [3.05, 3.63) is 30.0 Å². The van der Waals surface area contributed by atoms with Gasteiger partial charge in [0.25, 0.3) is 0 Å². The van der Waals surface area contributed by atoms with Gasteiger partial charge in [-0.25, -0.2) is 4.79 Å². The average Bonchev–Trinajstić information content (AvgIpc) is 2.03. The van der Waals surface area contributed by atoms with Crippen molar-refractivity contribution >= 4 is 5.97 Å². The van der Waals surface area contributed by atoms with E-state index < -0.39 is 0 Å². The van der Waals surface area contributed by atoms with E-state index in [1.54, 1.807) is 13.0 Å². The fourth-order valence-electron chi connectivity index (χ4n) is 0.535. The van der Waals surface area contributed by atoms with E-state index in [0.29, 0.717) is 18.6 Å². The van der Waals surface area contributed by atoms with E-state index >= 15 is 0 Å². The molecule has 0 heterocycles. The molecule has 0 aliphatic carbocycles. The van der Waals surface area contributed by atoms with E-state index in [2.05, 4.69) is 12.3 Å². The summed E-state index contributed by atoms with van der Waals surface area (Å²) in [6.07, 6.45) is 4.33. The Labute approximate surface area is 73.2 Å². The summed E-state index contributed by atoms with van der Waals surface area (Å²) in [6.45, 7) is 7.37. The lowest BCUT2D eigenvalue weighted by molar-refractivity contribution is -0.138. The molecule has 0 aliphatic heterocycles. The van der Waals surface area contributed by atoms with E-state index in [1.807, 2.05) is 13.0 Å². The molecule has 2 nitrogen and oxygen atoms in total. The molecule has 2 heteroatoms. The number of rotatable bonds is 4. The van der Waals surface area contributed by atoms with Crippen LogP contribution in [0.1, 0.15) is 20.3 Å². The molecule has 0 saturated carbocycles. The molecule has 0 aromatic heterocycles. The SMILES string of the molecule is C=C(C)C(=O)OCCC=C=CC. The van der Waals surface area contributed by atoms with Crippen LogP contribution in [0.25, 0.3) is 0 Å². The largest absolute Gasteiger partial charge is 0.462 e. The zero-order valence-corrected chi connectivity index (χ0v) is 7.59. The first-order valence-electron chi connectivity index (χ1n) is 3.86. The van der Waals surface area contributed by atoms with Gasteiger partial charge in [0.2, 0.25) is 0 Å². The van der Waals surface area contributed by atoms with Crippen molar-refractivity contribution < 1.29 is 9.53 Å². The minimum atomic E-state index is -0.330. The Hall–Kier alpha value is -1.27. The van der Waals surface area contributed by atoms with E-state index in [-0.39, 0.29) is 5.97 Å². The van der Waals surface area contributed by atoms with Gasteiger partial charge in [-0.15, -0.1) is 5.73 Å². The third-order valence-electron chi connectivity index (χ3n) is 1.13. The van der Waals surface area contributed by atoms with Crippen LogP contribution in [0.4, 0.5) is 0 Å². The monoisotopic (exact) mass is 166 g/mol. The fourth-order valence-corrected chi connectivity index (χ4v) is 0.535. The van der Waals surface area contributed by atoms with Crippen molar-refractivity contribution in [2.75, 3.05) is 6.61 Å². The van der Waals surface area contributed by atoms with Gasteiger partial charge < -0.3 is 4.74 Å². The van der Waals surface area contributed by atoms with Crippen LogP contribution >= 0.6 is 0 Å². The third-order valence-corrected chi connectivity index (χ3v) is 1.13. The zero-order chi connectivity index (χ0) is 9.40. The molecule has 66 valence electrons. The van der Waals surface area contributed by atoms with Crippen LogP contribution < -0.4 is 0 Å². The normalized spacial score (nSPS) is 8.17. The second-order valence-electron chi connectivity index (χ2n) is 2.36. The van der Waals surface area contributed by atoms with Crippen LogP contribution in [0, 0.1) is 0 Å². The molecule has 0 rings (SSSR count). The Kier molecular flexibility index (Phi) is 5.76. The Balaban J connectivity index is 3.51. The summed E-state index contributed by atoms with van der Waals surface area (Å²) < 4.78 is 4.83. The molecule has 0 radical (unpaired) electrons. The van der Waals surface area contributed by atoms with E-state index in [9.17, 15) is 4.79 Å². The van der Waals surface area contributed by atoms with Crippen molar-refractivity contribution in [1.29, 1.82) is 0 Å². The summed E-state index contributed by atoms with van der Waals surface area (Å²) in [6, 6.07) is 0. The molecule has 0 spiro atoms. The summed E-state index contributed by atoms with van der Waals surface area (Å²) in [5.74, 6) is -0.330. The van der Waals surface area contributed by atoms with Crippen molar-refractivity contribution in [3.63, 3.8) is 0 Å². The summed E-state index contributed by atoms with van der Waals surface area (Å²) in [7, 11) is 0. The summed E-state index contributed by atoms with van der Waals surface area (Å²) in [4.78, 5) is 10.8. The Morgan fingerprint density at radius 3 is 2.83 bits per heavy atom. The van der Waals surface area contributed by atoms with Gasteiger partial charge in [0, 0.05) is 12.0 Å². The van der Waals surface area contributed by atoms with Gasteiger partial charge in [-0.2, -0.15) is 0 Å². The minimum Gasteiger partial charge on any atom is -0.462 e. The van der Waals surface area contributed by atoms with Crippen molar-refractivity contribution in [3.8, 4) is 0 Å². The number of hydrogen-bond donors (Lipinski definition) is 0. The van der Waals surface area contributed by atoms with E-state index in [0.717, 1.165) is 0 Å². The molecule has 0 aliphatic rings. The van der Waals surface area contributed by atoms with E-state index in [1.165, 1.54) is 0 Å². The molecule has 0 aromatic carbocycles. The second-order valence-corrected chi connectivity index (χ2v) is 2.36. The first-order valence-corrected chi connectivity index (χ1v) is 3.86. The lowest BCUT2D eigenvalue weighted by Gasteiger charge is -1.99. The topological polar surface area (TPSA) is 26.3 Å². The highest BCUT2D eigenvalue weighted by molar-refractivity contribution is 5.86. The first-order chi connectivity index (χ1) is 5.68. The van der Waals surface area contributed by atoms with Gasteiger partial charge in [-0.1, -0.05) is 6.58 Å². The van der Waals surface area contributed by atoms with Gasteiger partial charge in [0.15, 0.2) is 0 Å². The Morgan fingerprint density at radius 1 is 1.67 bits per heavy atom. The number of hydrogen-bond acceptors (Lipinski definition) is 2. The molecule has 12 heavy (non-hydrogen) atoms. The third kappa shape index (κ3) is 5.51. The fraction of sp³-hybridized carbons (Fsp3) is 0.400. The summed E-state index contributed by atoms with van der Waals surface area (Å²) >= 11 is 0. The molecule has 0 unspecified atom stereocenters. The maximum Gasteiger partial charge on any atom is 0.333 e. The molecule has 0 amide bonds.